The van der Waals surface area contributed by atoms with Gasteiger partial charge < -0.3 is 10.1 Å². The predicted molar refractivity (Wildman–Crippen MR) is 67.1 cm³/mol. The maximum Gasteiger partial charge on any atom is 0.389 e. The van der Waals surface area contributed by atoms with Crippen molar-refractivity contribution >= 4 is 0 Å². The maximum atomic E-state index is 12.0. The second-order valence-electron chi connectivity index (χ2n) is 4.24. The average molecular weight is 276 g/mol. The summed E-state index contributed by atoms with van der Waals surface area (Å²) < 4.78 is 41.4. The maximum absolute atomic E-state index is 12.0. The molecule has 19 heavy (non-hydrogen) atoms. The SMILES string of the molecule is CCNCc1nc(C)ccc1OCCCC(F)(F)F. The van der Waals surface area contributed by atoms with Crippen LogP contribution in [0.5, 0.6) is 5.75 Å². The van der Waals surface area contributed by atoms with Crippen molar-refractivity contribution < 1.29 is 17.9 Å². The van der Waals surface area contributed by atoms with Crippen molar-refractivity contribution in [1.82, 2.24) is 10.3 Å². The summed E-state index contributed by atoms with van der Waals surface area (Å²) in [6, 6.07) is 3.54. The summed E-state index contributed by atoms with van der Waals surface area (Å²) in [5, 5.41) is 3.12. The minimum atomic E-state index is -4.12. The number of hydrogen-bond acceptors (Lipinski definition) is 3. The Bertz CT molecular complexity index is 394. The van der Waals surface area contributed by atoms with Gasteiger partial charge in [-0.3, -0.25) is 4.98 Å². The van der Waals surface area contributed by atoms with E-state index in [2.05, 4.69) is 10.3 Å². The lowest BCUT2D eigenvalue weighted by molar-refractivity contribution is -0.136. The summed E-state index contributed by atoms with van der Waals surface area (Å²) in [5.74, 6) is 0.550. The Balaban J connectivity index is 2.52. The van der Waals surface area contributed by atoms with Gasteiger partial charge in [0, 0.05) is 18.7 Å². The molecule has 1 heterocycles. The van der Waals surface area contributed by atoms with Crippen LogP contribution in [0.1, 0.15) is 31.2 Å². The topological polar surface area (TPSA) is 34.2 Å². The molecule has 1 N–H and O–H groups in total. The van der Waals surface area contributed by atoms with Gasteiger partial charge in [-0.1, -0.05) is 6.92 Å². The molecule has 0 saturated carbocycles. The first kappa shape index (κ1) is 15.8. The van der Waals surface area contributed by atoms with E-state index in [1.807, 2.05) is 13.8 Å². The third-order valence-corrected chi connectivity index (χ3v) is 2.48. The molecule has 0 amide bonds. The Morgan fingerprint density at radius 1 is 1.32 bits per heavy atom. The highest BCUT2D eigenvalue weighted by atomic mass is 19.4. The van der Waals surface area contributed by atoms with Crippen molar-refractivity contribution in [2.45, 2.75) is 39.4 Å². The molecule has 6 heteroatoms. The second-order valence-corrected chi connectivity index (χ2v) is 4.24. The third-order valence-electron chi connectivity index (χ3n) is 2.48. The summed E-state index contributed by atoms with van der Waals surface area (Å²) in [5.41, 5.74) is 1.59. The zero-order chi connectivity index (χ0) is 14.3. The Morgan fingerprint density at radius 2 is 2.05 bits per heavy atom. The number of halogens is 3. The molecule has 0 radical (unpaired) electrons. The first-order chi connectivity index (χ1) is 8.92. The molecule has 1 rings (SSSR count). The molecule has 0 aliphatic rings. The van der Waals surface area contributed by atoms with Crippen molar-refractivity contribution in [2.24, 2.45) is 0 Å². The number of hydrogen-bond donors (Lipinski definition) is 1. The highest BCUT2D eigenvalue weighted by molar-refractivity contribution is 5.29. The summed E-state index contributed by atoms with van der Waals surface area (Å²) in [7, 11) is 0. The van der Waals surface area contributed by atoms with Gasteiger partial charge in [0.05, 0.1) is 12.3 Å². The van der Waals surface area contributed by atoms with Gasteiger partial charge in [-0.05, 0) is 32.0 Å². The van der Waals surface area contributed by atoms with Crippen LogP contribution in [-0.4, -0.2) is 24.3 Å². The molecular weight excluding hydrogens is 257 g/mol. The van der Waals surface area contributed by atoms with Crippen LogP contribution in [0.25, 0.3) is 0 Å². The second kappa shape index (κ2) is 7.33. The van der Waals surface area contributed by atoms with Crippen molar-refractivity contribution in [3.05, 3.63) is 23.5 Å². The van der Waals surface area contributed by atoms with Gasteiger partial charge >= 0.3 is 6.18 Å². The van der Waals surface area contributed by atoms with Gasteiger partial charge in [-0.25, -0.2) is 0 Å². The summed E-state index contributed by atoms with van der Waals surface area (Å²) >= 11 is 0. The van der Waals surface area contributed by atoms with Crippen LogP contribution >= 0.6 is 0 Å². The molecule has 0 fully saturated rings. The molecule has 0 aromatic carbocycles. The quantitative estimate of drug-likeness (QED) is 0.776. The highest BCUT2D eigenvalue weighted by Crippen LogP contribution is 2.22. The van der Waals surface area contributed by atoms with Gasteiger partial charge in [-0.2, -0.15) is 13.2 Å². The van der Waals surface area contributed by atoms with E-state index in [0.717, 1.165) is 17.9 Å². The molecule has 1 aromatic rings. The molecule has 0 bridgehead atoms. The summed E-state index contributed by atoms with van der Waals surface area (Å²) in [6.45, 7) is 5.22. The number of rotatable bonds is 7. The number of aromatic nitrogens is 1. The molecule has 0 aliphatic carbocycles. The fourth-order valence-corrected chi connectivity index (χ4v) is 1.55. The number of nitrogens with zero attached hydrogens (tertiary/aromatic N) is 1. The number of nitrogens with one attached hydrogen (secondary N) is 1. The lowest BCUT2D eigenvalue weighted by atomic mass is 10.2. The van der Waals surface area contributed by atoms with Crippen LogP contribution in [0.2, 0.25) is 0 Å². The number of ether oxygens (including phenoxy) is 1. The van der Waals surface area contributed by atoms with Crippen molar-refractivity contribution in [3.63, 3.8) is 0 Å². The molecule has 0 atom stereocenters. The minimum Gasteiger partial charge on any atom is -0.492 e. The van der Waals surface area contributed by atoms with E-state index in [0.29, 0.717) is 12.3 Å². The molecule has 3 nitrogen and oxygen atoms in total. The number of alkyl halides is 3. The van der Waals surface area contributed by atoms with Gasteiger partial charge in [0.2, 0.25) is 0 Å². The van der Waals surface area contributed by atoms with Crippen molar-refractivity contribution in [3.8, 4) is 5.75 Å². The standard InChI is InChI=1S/C13H19F3N2O/c1-3-17-9-11-12(6-5-10(2)18-11)19-8-4-7-13(14,15)16/h5-6,17H,3-4,7-9H2,1-2H3. The first-order valence-electron chi connectivity index (χ1n) is 6.29. The number of pyridine rings is 1. The molecule has 1 aromatic heterocycles. The fourth-order valence-electron chi connectivity index (χ4n) is 1.55. The molecule has 0 saturated heterocycles. The van der Waals surface area contributed by atoms with Gasteiger partial charge in [0.25, 0.3) is 0 Å². The van der Waals surface area contributed by atoms with Crippen molar-refractivity contribution in [2.75, 3.05) is 13.2 Å². The van der Waals surface area contributed by atoms with Crippen LogP contribution in [0.15, 0.2) is 12.1 Å². The Morgan fingerprint density at radius 3 is 2.68 bits per heavy atom. The number of aryl methyl sites for hydroxylation is 1. The first-order valence-corrected chi connectivity index (χ1v) is 6.29. The monoisotopic (exact) mass is 276 g/mol. The zero-order valence-electron chi connectivity index (χ0n) is 11.2. The smallest absolute Gasteiger partial charge is 0.389 e. The minimum absolute atomic E-state index is 0.0436. The van der Waals surface area contributed by atoms with Gasteiger partial charge in [-0.15, -0.1) is 0 Å². The lowest BCUT2D eigenvalue weighted by Gasteiger charge is -2.12. The molecule has 0 aliphatic heterocycles. The van der Waals surface area contributed by atoms with E-state index in [9.17, 15) is 13.2 Å². The molecule has 0 spiro atoms. The van der Waals surface area contributed by atoms with Crippen LogP contribution in [0.4, 0.5) is 13.2 Å². The van der Waals surface area contributed by atoms with E-state index >= 15 is 0 Å². The molecular formula is C13H19F3N2O. The van der Waals surface area contributed by atoms with E-state index in [-0.39, 0.29) is 13.0 Å². The van der Waals surface area contributed by atoms with Crippen molar-refractivity contribution in [1.29, 1.82) is 0 Å². The predicted octanol–water partition coefficient (Wildman–Crippen LogP) is 3.22. The normalized spacial score (nSPS) is 11.6. The van der Waals surface area contributed by atoms with Gasteiger partial charge in [0.1, 0.15) is 5.75 Å². The van der Waals surface area contributed by atoms with Crippen LogP contribution in [0.3, 0.4) is 0 Å². The highest BCUT2D eigenvalue weighted by Gasteiger charge is 2.26. The Kier molecular flexibility index (Phi) is 6.08. The largest absolute Gasteiger partial charge is 0.492 e. The van der Waals surface area contributed by atoms with E-state index in [1.165, 1.54) is 0 Å². The molecule has 108 valence electrons. The van der Waals surface area contributed by atoms with Crippen LogP contribution in [-0.2, 0) is 6.54 Å². The Labute approximate surface area is 111 Å². The van der Waals surface area contributed by atoms with E-state index < -0.39 is 12.6 Å². The van der Waals surface area contributed by atoms with E-state index in [4.69, 9.17) is 4.74 Å². The van der Waals surface area contributed by atoms with Crippen LogP contribution < -0.4 is 10.1 Å². The molecule has 0 unspecified atom stereocenters. The van der Waals surface area contributed by atoms with Crippen LogP contribution in [0, 0.1) is 6.92 Å². The Hall–Kier alpha value is -1.30. The average Bonchev–Trinajstić information content (AvgIpc) is 2.32. The summed E-state index contributed by atoms with van der Waals surface area (Å²) in [4.78, 5) is 4.33. The van der Waals surface area contributed by atoms with Gasteiger partial charge in [0.15, 0.2) is 0 Å². The van der Waals surface area contributed by atoms with E-state index in [1.54, 1.807) is 12.1 Å². The third kappa shape index (κ3) is 6.42. The lowest BCUT2D eigenvalue weighted by Crippen LogP contribution is -2.15. The summed E-state index contributed by atoms with van der Waals surface area (Å²) in [6.07, 6.45) is -4.99. The zero-order valence-corrected chi connectivity index (χ0v) is 11.2. The fraction of sp³-hybridized carbons (Fsp3) is 0.615.